The van der Waals surface area contributed by atoms with Gasteiger partial charge in [-0.15, -0.1) is 10.2 Å². The lowest BCUT2D eigenvalue weighted by atomic mass is 10.2. The summed E-state index contributed by atoms with van der Waals surface area (Å²) in [6.07, 6.45) is 6.16. The van der Waals surface area contributed by atoms with E-state index in [1.165, 1.54) is 11.8 Å². The average molecular weight is 422 g/mol. The number of pyridine rings is 1. The molecule has 1 saturated heterocycles. The smallest absolute Gasteiger partial charge is 0.233 e. The Morgan fingerprint density at radius 1 is 1.32 bits per heavy atom. The van der Waals surface area contributed by atoms with E-state index in [1.54, 1.807) is 17.3 Å². The van der Waals surface area contributed by atoms with Crippen LogP contribution in [0.1, 0.15) is 32.2 Å². The van der Waals surface area contributed by atoms with Gasteiger partial charge in [-0.1, -0.05) is 11.8 Å². The highest BCUT2D eigenvalue weighted by Gasteiger charge is 2.34. The van der Waals surface area contributed by atoms with E-state index in [2.05, 4.69) is 19.7 Å². The summed E-state index contributed by atoms with van der Waals surface area (Å²) in [5, 5.41) is 9.37. The summed E-state index contributed by atoms with van der Waals surface area (Å²) in [7, 11) is -3.02. The van der Waals surface area contributed by atoms with E-state index in [1.807, 2.05) is 19.1 Å². The Labute approximate surface area is 168 Å². The lowest BCUT2D eigenvalue weighted by Crippen LogP contribution is -2.42. The molecule has 4 rings (SSSR count). The highest BCUT2D eigenvalue weighted by atomic mass is 32.2. The Bertz CT molecular complexity index is 957. The molecule has 8 nitrogen and oxygen atoms in total. The zero-order valence-electron chi connectivity index (χ0n) is 15.7. The van der Waals surface area contributed by atoms with Gasteiger partial charge in [-0.3, -0.25) is 14.3 Å². The molecule has 3 heterocycles. The number of hydrogen-bond acceptors (Lipinski definition) is 7. The number of sulfone groups is 1. The summed E-state index contributed by atoms with van der Waals surface area (Å²) in [6, 6.07) is 3.97. The van der Waals surface area contributed by atoms with Crippen LogP contribution in [0.5, 0.6) is 0 Å². The second-order valence-corrected chi connectivity index (χ2v) is 10.3. The van der Waals surface area contributed by atoms with Crippen molar-refractivity contribution in [1.82, 2.24) is 24.6 Å². The Kier molecular flexibility index (Phi) is 5.42. The van der Waals surface area contributed by atoms with Gasteiger partial charge < -0.3 is 4.90 Å². The molecule has 1 unspecified atom stereocenters. The van der Waals surface area contributed by atoms with Gasteiger partial charge in [0.1, 0.15) is 0 Å². The summed E-state index contributed by atoms with van der Waals surface area (Å²) < 4.78 is 25.6. The molecule has 0 bridgehead atoms. The number of aromatic nitrogens is 4. The molecule has 0 N–H and O–H groups in total. The summed E-state index contributed by atoms with van der Waals surface area (Å²) >= 11 is 1.37. The third-order valence-corrected chi connectivity index (χ3v) is 7.81. The van der Waals surface area contributed by atoms with Gasteiger partial charge in [-0.2, -0.15) is 0 Å². The van der Waals surface area contributed by atoms with E-state index in [-0.39, 0.29) is 29.2 Å². The van der Waals surface area contributed by atoms with Crippen LogP contribution in [0.4, 0.5) is 0 Å². The molecule has 150 valence electrons. The van der Waals surface area contributed by atoms with E-state index in [4.69, 9.17) is 0 Å². The van der Waals surface area contributed by atoms with Gasteiger partial charge in [0.05, 0.1) is 17.3 Å². The Morgan fingerprint density at radius 2 is 2.14 bits per heavy atom. The molecule has 1 aliphatic heterocycles. The van der Waals surface area contributed by atoms with Crippen molar-refractivity contribution >= 4 is 27.5 Å². The van der Waals surface area contributed by atoms with E-state index in [0.29, 0.717) is 19.0 Å². The van der Waals surface area contributed by atoms with Gasteiger partial charge >= 0.3 is 0 Å². The van der Waals surface area contributed by atoms with Crippen molar-refractivity contribution in [3.05, 3.63) is 24.5 Å². The number of amides is 1. The van der Waals surface area contributed by atoms with Crippen molar-refractivity contribution in [2.75, 3.05) is 23.8 Å². The molecule has 0 spiro atoms. The van der Waals surface area contributed by atoms with Crippen molar-refractivity contribution in [2.45, 2.75) is 43.4 Å². The minimum Gasteiger partial charge on any atom is -0.338 e. The quantitative estimate of drug-likeness (QED) is 0.629. The highest BCUT2D eigenvalue weighted by Crippen LogP contribution is 2.41. The molecule has 1 aliphatic carbocycles. The highest BCUT2D eigenvalue weighted by molar-refractivity contribution is 7.99. The van der Waals surface area contributed by atoms with Crippen molar-refractivity contribution in [1.29, 1.82) is 0 Å². The molecule has 1 atom stereocenters. The fraction of sp³-hybridized carbons (Fsp3) is 0.556. The molecule has 2 aromatic rings. The Hall–Kier alpha value is -1.94. The first-order chi connectivity index (χ1) is 13.5. The first-order valence-electron chi connectivity index (χ1n) is 9.46. The van der Waals surface area contributed by atoms with Crippen LogP contribution in [0, 0.1) is 0 Å². The maximum absolute atomic E-state index is 12.8. The van der Waals surface area contributed by atoms with Crippen molar-refractivity contribution in [3.8, 4) is 11.4 Å². The third kappa shape index (κ3) is 4.07. The number of nitrogens with zero attached hydrogens (tertiary/aromatic N) is 5. The first-order valence-corrected chi connectivity index (χ1v) is 12.3. The van der Waals surface area contributed by atoms with Crippen LogP contribution in [0.15, 0.2) is 29.7 Å². The van der Waals surface area contributed by atoms with E-state index in [0.717, 1.165) is 29.4 Å². The first kappa shape index (κ1) is 19.4. The summed E-state index contributed by atoms with van der Waals surface area (Å²) in [5.74, 6) is 1.19. The molecule has 2 fully saturated rings. The van der Waals surface area contributed by atoms with E-state index < -0.39 is 9.84 Å². The van der Waals surface area contributed by atoms with Crippen molar-refractivity contribution < 1.29 is 13.2 Å². The zero-order valence-corrected chi connectivity index (χ0v) is 17.3. The Balaban J connectivity index is 1.47. The molecular weight excluding hydrogens is 398 g/mol. The number of carbonyl (C=O) groups excluding carboxylic acids is 1. The predicted molar refractivity (Wildman–Crippen MR) is 107 cm³/mol. The van der Waals surface area contributed by atoms with Crippen LogP contribution in [-0.2, 0) is 14.6 Å². The minimum atomic E-state index is -3.02. The van der Waals surface area contributed by atoms with Gasteiger partial charge in [0.15, 0.2) is 20.8 Å². The maximum Gasteiger partial charge on any atom is 0.233 e. The molecular formula is C18H23N5O3S2. The lowest BCUT2D eigenvalue weighted by molar-refractivity contribution is -0.129. The number of thioether (sulfide) groups is 1. The van der Waals surface area contributed by atoms with Gasteiger partial charge in [0.2, 0.25) is 5.91 Å². The number of hydrogen-bond donors (Lipinski definition) is 0. The molecule has 0 radical (unpaired) electrons. The second kappa shape index (κ2) is 7.82. The minimum absolute atomic E-state index is 0.0529. The van der Waals surface area contributed by atoms with Gasteiger partial charge in [0, 0.05) is 36.6 Å². The standard InChI is InChI=1S/C18H23N5O3S2/c1-2-22(15-7-9-28(25,26)12-15)16(24)11-27-18-21-20-17(23(18)14-5-6-14)13-4-3-8-19-10-13/h3-4,8,10,14-15H,2,5-7,9,11-12H2,1H3. The van der Waals surface area contributed by atoms with Gasteiger partial charge in [-0.25, -0.2) is 8.42 Å². The topological polar surface area (TPSA) is 98.1 Å². The molecule has 0 aromatic carbocycles. The van der Waals surface area contributed by atoms with Crippen molar-refractivity contribution in [3.63, 3.8) is 0 Å². The predicted octanol–water partition coefficient (Wildman–Crippen LogP) is 1.80. The summed E-state index contributed by atoms with van der Waals surface area (Å²) in [6.45, 7) is 2.40. The van der Waals surface area contributed by atoms with Crippen LogP contribution in [0.2, 0.25) is 0 Å². The summed E-state index contributed by atoms with van der Waals surface area (Å²) in [4.78, 5) is 18.6. The third-order valence-electron chi connectivity index (χ3n) is 5.13. The van der Waals surface area contributed by atoms with Crippen molar-refractivity contribution in [2.24, 2.45) is 0 Å². The molecule has 28 heavy (non-hydrogen) atoms. The SMILES string of the molecule is CCN(C(=O)CSc1nnc(-c2cccnc2)n1C1CC1)C1CCS(=O)(=O)C1. The zero-order chi connectivity index (χ0) is 19.7. The largest absolute Gasteiger partial charge is 0.338 e. The van der Waals surface area contributed by atoms with Gasteiger partial charge in [0.25, 0.3) is 0 Å². The maximum atomic E-state index is 12.8. The molecule has 10 heteroatoms. The second-order valence-electron chi connectivity index (χ2n) is 7.17. The van der Waals surface area contributed by atoms with Crippen LogP contribution in [-0.4, -0.2) is 68.8 Å². The average Bonchev–Trinajstić information content (AvgIpc) is 3.34. The van der Waals surface area contributed by atoms with Crippen LogP contribution < -0.4 is 0 Å². The van der Waals surface area contributed by atoms with E-state index in [9.17, 15) is 13.2 Å². The molecule has 1 saturated carbocycles. The number of carbonyl (C=O) groups is 1. The van der Waals surface area contributed by atoms with Crippen LogP contribution in [0.3, 0.4) is 0 Å². The summed E-state index contributed by atoms with van der Waals surface area (Å²) in [5.41, 5.74) is 0.909. The van der Waals surface area contributed by atoms with E-state index >= 15 is 0 Å². The molecule has 2 aliphatic rings. The van der Waals surface area contributed by atoms with Crippen LogP contribution >= 0.6 is 11.8 Å². The fourth-order valence-corrected chi connectivity index (χ4v) is 6.22. The fourth-order valence-electron chi connectivity index (χ4n) is 3.60. The van der Waals surface area contributed by atoms with Gasteiger partial charge in [-0.05, 0) is 38.3 Å². The lowest BCUT2D eigenvalue weighted by Gasteiger charge is -2.26. The number of rotatable bonds is 7. The normalized spacial score (nSPS) is 21.0. The molecule has 2 aromatic heterocycles. The Morgan fingerprint density at radius 3 is 2.75 bits per heavy atom. The molecule has 1 amide bonds. The van der Waals surface area contributed by atoms with Crippen LogP contribution in [0.25, 0.3) is 11.4 Å². The monoisotopic (exact) mass is 421 g/mol.